The largest absolute Gasteiger partial charge is 0.444 e. The second kappa shape index (κ2) is 5.49. The third kappa shape index (κ3) is 2.29. The van der Waals surface area contributed by atoms with E-state index in [1.54, 1.807) is 0 Å². The maximum atomic E-state index is 5.94. The van der Waals surface area contributed by atoms with Crippen LogP contribution in [0.4, 0.5) is 0 Å². The van der Waals surface area contributed by atoms with E-state index < -0.39 is 0 Å². The number of aryl methyl sites for hydroxylation is 2. The summed E-state index contributed by atoms with van der Waals surface area (Å²) in [5.41, 5.74) is 1.38. The number of aromatic nitrogens is 1. The molecular formula is C16H26N2O2. The van der Waals surface area contributed by atoms with Crippen molar-refractivity contribution in [3.8, 4) is 0 Å². The fraction of sp³-hybridized carbons (Fsp3) is 0.812. The van der Waals surface area contributed by atoms with E-state index in [1.807, 2.05) is 13.8 Å². The summed E-state index contributed by atoms with van der Waals surface area (Å²) < 4.78 is 11.6. The van der Waals surface area contributed by atoms with Crippen LogP contribution in [0.2, 0.25) is 0 Å². The molecule has 3 rings (SSSR count). The predicted octanol–water partition coefficient (Wildman–Crippen LogP) is 3.12. The lowest BCUT2D eigenvalue weighted by atomic mass is 9.60. The van der Waals surface area contributed by atoms with Crippen LogP contribution in [0.1, 0.15) is 56.4 Å². The minimum atomic E-state index is 0.382. The molecule has 0 aromatic carbocycles. The summed E-state index contributed by atoms with van der Waals surface area (Å²) in [6.07, 6.45) is 6.89. The molecule has 0 aliphatic heterocycles. The molecule has 0 amide bonds. The van der Waals surface area contributed by atoms with Crippen molar-refractivity contribution in [2.75, 3.05) is 6.61 Å². The average Bonchev–Trinajstić information content (AvgIpc) is 3.03. The van der Waals surface area contributed by atoms with Crippen LogP contribution < -0.4 is 5.32 Å². The van der Waals surface area contributed by atoms with Gasteiger partial charge < -0.3 is 14.5 Å². The highest BCUT2D eigenvalue weighted by atomic mass is 16.5. The highest BCUT2D eigenvalue weighted by Gasteiger charge is 2.56. The van der Waals surface area contributed by atoms with Crippen LogP contribution in [-0.2, 0) is 11.3 Å². The molecule has 1 aromatic rings. The molecule has 2 unspecified atom stereocenters. The fourth-order valence-electron chi connectivity index (χ4n) is 4.00. The van der Waals surface area contributed by atoms with E-state index in [4.69, 9.17) is 9.15 Å². The lowest BCUT2D eigenvalue weighted by molar-refractivity contribution is -0.131. The standard InChI is InChI=1S/C16H26N2O2/c1-4-19-14-9-13(16(14)7-5-6-8-16)17-10-15-18-11(2)12(3)20-15/h13-14,17H,4-10H2,1-3H3. The first-order valence-electron chi connectivity index (χ1n) is 7.93. The monoisotopic (exact) mass is 278 g/mol. The molecule has 4 heteroatoms. The number of hydrogen-bond donors (Lipinski definition) is 1. The summed E-state index contributed by atoms with van der Waals surface area (Å²) in [4.78, 5) is 4.45. The molecule has 1 heterocycles. The average molecular weight is 278 g/mol. The van der Waals surface area contributed by atoms with Gasteiger partial charge >= 0.3 is 0 Å². The Hall–Kier alpha value is -0.870. The van der Waals surface area contributed by atoms with E-state index in [0.29, 0.717) is 17.6 Å². The van der Waals surface area contributed by atoms with Gasteiger partial charge in [0.15, 0.2) is 0 Å². The molecule has 1 N–H and O–H groups in total. The lowest BCUT2D eigenvalue weighted by Crippen LogP contribution is -2.62. The molecule has 2 atom stereocenters. The van der Waals surface area contributed by atoms with Crippen LogP contribution in [0.15, 0.2) is 4.42 Å². The minimum Gasteiger partial charge on any atom is -0.444 e. The number of oxazole rings is 1. The van der Waals surface area contributed by atoms with Gasteiger partial charge in [0.05, 0.1) is 18.3 Å². The molecule has 4 nitrogen and oxygen atoms in total. The van der Waals surface area contributed by atoms with E-state index in [0.717, 1.165) is 36.9 Å². The summed E-state index contributed by atoms with van der Waals surface area (Å²) in [5, 5.41) is 3.66. The Balaban J connectivity index is 1.60. The molecule has 2 aliphatic carbocycles. The molecule has 2 fully saturated rings. The van der Waals surface area contributed by atoms with E-state index in [-0.39, 0.29) is 0 Å². The zero-order valence-electron chi connectivity index (χ0n) is 12.9. The van der Waals surface area contributed by atoms with Gasteiger partial charge in [0.1, 0.15) is 5.76 Å². The van der Waals surface area contributed by atoms with Crippen molar-refractivity contribution in [2.24, 2.45) is 5.41 Å². The van der Waals surface area contributed by atoms with Crippen molar-refractivity contribution >= 4 is 0 Å². The SMILES string of the molecule is CCOC1CC(NCc2nc(C)c(C)o2)C12CCCC2. The van der Waals surface area contributed by atoms with Gasteiger partial charge in [0, 0.05) is 18.1 Å². The zero-order chi connectivity index (χ0) is 14.2. The molecule has 20 heavy (non-hydrogen) atoms. The molecular weight excluding hydrogens is 252 g/mol. The first-order chi connectivity index (χ1) is 9.65. The molecule has 112 valence electrons. The number of nitrogens with one attached hydrogen (secondary N) is 1. The minimum absolute atomic E-state index is 0.382. The van der Waals surface area contributed by atoms with Crippen molar-refractivity contribution in [3.63, 3.8) is 0 Å². The summed E-state index contributed by atoms with van der Waals surface area (Å²) in [5.74, 6) is 1.74. The Labute approximate surface area is 121 Å². The van der Waals surface area contributed by atoms with Crippen LogP contribution in [0, 0.1) is 19.3 Å². The summed E-state index contributed by atoms with van der Waals surface area (Å²) in [6, 6.07) is 0.564. The molecule has 1 aromatic heterocycles. The van der Waals surface area contributed by atoms with Crippen molar-refractivity contribution in [2.45, 2.75) is 71.6 Å². The van der Waals surface area contributed by atoms with Gasteiger partial charge in [-0.2, -0.15) is 0 Å². The van der Waals surface area contributed by atoms with Crippen molar-refractivity contribution < 1.29 is 9.15 Å². The fourth-order valence-corrected chi connectivity index (χ4v) is 4.00. The number of ether oxygens (including phenoxy) is 1. The molecule has 2 aliphatic rings. The Morgan fingerprint density at radius 1 is 1.35 bits per heavy atom. The first-order valence-corrected chi connectivity index (χ1v) is 7.93. The summed E-state index contributed by atoms with van der Waals surface area (Å²) in [6.45, 7) is 7.63. The zero-order valence-corrected chi connectivity index (χ0v) is 12.9. The van der Waals surface area contributed by atoms with E-state index in [9.17, 15) is 0 Å². The van der Waals surface area contributed by atoms with Gasteiger partial charge in [-0.1, -0.05) is 12.8 Å². The van der Waals surface area contributed by atoms with Gasteiger partial charge in [0.2, 0.25) is 5.89 Å². The smallest absolute Gasteiger partial charge is 0.208 e. The third-order valence-electron chi connectivity index (χ3n) is 5.26. The van der Waals surface area contributed by atoms with Gasteiger partial charge in [-0.3, -0.25) is 0 Å². The van der Waals surface area contributed by atoms with Crippen LogP contribution in [0.3, 0.4) is 0 Å². The van der Waals surface area contributed by atoms with Crippen molar-refractivity contribution in [3.05, 3.63) is 17.3 Å². The molecule has 1 spiro atoms. The Bertz CT molecular complexity index is 444. The Kier molecular flexibility index (Phi) is 3.87. The second-order valence-electron chi connectivity index (χ2n) is 6.30. The maximum absolute atomic E-state index is 5.94. The molecule has 0 saturated heterocycles. The summed E-state index contributed by atoms with van der Waals surface area (Å²) in [7, 11) is 0. The van der Waals surface area contributed by atoms with Gasteiger partial charge in [-0.25, -0.2) is 4.98 Å². The summed E-state index contributed by atoms with van der Waals surface area (Å²) >= 11 is 0. The van der Waals surface area contributed by atoms with Crippen LogP contribution >= 0.6 is 0 Å². The highest BCUT2D eigenvalue weighted by molar-refractivity contribution is 5.11. The van der Waals surface area contributed by atoms with Gasteiger partial charge in [-0.05, 0) is 40.0 Å². The Morgan fingerprint density at radius 2 is 2.10 bits per heavy atom. The number of hydrogen-bond acceptors (Lipinski definition) is 4. The van der Waals surface area contributed by atoms with E-state index >= 15 is 0 Å². The van der Waals surface area contributed by atoms with Gasteiger partial charge in [0.25, 0.3) is 0 Å². The molecule has 2 saturated carbocycles. The van der Waals surface area contributed by atoms with Crippen LogP contribution in [0.25, 0.3) is 0 Å². The third-order valence-corrected chi connectivity index (χ3v) is 5.26. The predicted molar refractivity (Wildman–Crippen MR) is 77.5 cm³/mol. The number of rotatable bonds is 5. The van der Waals surface area contributed by atoms with Crippen molar-refractivity contribution in [1.29, 1.82) is 0 Å². The van der Waals surface area contributed by atoms with Gasteiger partial charge in [-0.15, -0.1) is 0 Å². The topological polar surface area (TPSA) is 47.3 Å². The highest BCUT2D eigenvalue weighted by Crippen LogP contribution is 2.54. The maximum Gasteiger partial charge on any atom is 0.208 e. The molecule has 0 radical (unpaired) electrons. The first kappa shape index (κ1) is 14.1. The molecule has 0 bridgehead atoms. The van der Waals surface area contributed by atoms with Crippen LogP contribution in [-0.4, -0.2) is 23.7 Å². The van der Waals surface area contributed by atoms with E-state index in [1.165, 1.54) is 25.7 Å². The van der Waals surface area contributed by atoms with Crippen LogP contribution in [0.5, 0.6) is 0 Å². The second-order valence-corrected chi connectivity index (χ2v) is 6.30. The Morgan fingerprint density at radius 3 is 2.70 bits per heavy atom. The van der Waals surface area contributed by atoms with E-state index in [2.05, 4.69) is 17.2 Å². The van der Waals surface area contributed by atoms with Crippen molar-refractivity contribution in [1.82, 2.24) is 10.3 Å². The number of nitrogens with zero attached hydrogens (tertiary/aromatic N) is 1. The quantitative estimate of drug-likeness (QED) is 0.899. The normalized spacial score (nSPS) is 27.9. The lowest BCUT2D eigenvalue weighted by Gasteiger charge is -2.54.